The van der Waals surface area contributed by atoms with E-state index in [1.807, 2.05) is 0 Å². The van der Waals surface area contributed by atoms with Crippen molar-refractivity contribution in [3.05, 3.63) is 83.1 Å². The Balaban J connectivity index is 1.50. The van der Waals surface area contributed by atoms with E-state index in [1.54, 1.807) is 54.6 Å². The third-order valence-electron chi connectivity index (χ3n) is 6.12. The van der Waals surface area contributed by atoms with Crippen LogP contribution >= 0.6 is 11.6 Å². The number of piperidine rings is 1. The molecule has 1 amide bonds. The summed E-state index contributed by atoms with van der Waals surface area (Å²) < 4.78 is 41.1. The Morgan fingerprint density at radius 3 is 2.50 bits per heavy atom. The van der Waals surface area contributed by atoms with Gasteiger partial charge in [-0.1, -0.05) is 41.9 Å². The number of halogens is 2. The van der Waals surface area contributed by atoms with Gasteiger partial charge in [0.15, 0.2) is 0 Å². The normalized spacial score (nSPS) is 16.1. The Morgan fingerprint density at radius 1 is 1.08 bits per heavy atom. The van der Waals surface area contributed by atoms with Gasteiger partial charge in [0.25, 0.3) is 0 Å². The van der Waals surface area contributed by atoms with Gasteiger partial charge in [-0.05, 0) is 54.8 Å². The number of ketones is 1. The molecule has 0 spiro atoms. The summed E-state index contributed by atoms with van der Waals surface area (Å²) in [7, 11) is -3.55. The molecule has 1 saturated heterocycles. The molecular formula is C27H26ClFN2O4S. The molecule has 3 aromatic carbocycles. The van der Waals surface area contributed by atoms with Gasteiger partial charge in [0.05, 0.1) is 11.9 Å². The largest absolute Gasteiger partial charge is 0.312 e. The van der Waals surface area contributed by atoms with Crippen LogP contribution in [0.3, 0.4) is 0 Å². The summed E-state index contributed by atoms with van der Waals surface area (Å²) in [6.45, 7) is 0.436. The smallest absolute Gasteiger partial charge is 0.230 e. The number of nitrogens with zero attached hydrogens (tertiary/aromatic N) is 1. The van der Waals surface area contributed by atoms with Crippen molar-refractivity contribution in [2.75, 3.05) is 22.4 Å². The molecule has 0 aromatic heterocycles. The van der Waals surface area contributed by atoms with Crippen LogP contribution in [-0.2, 0) is 26.0 Å². The monoisotopic (exact) mass is 528 g/mol. The van der Waals surface area contributed by atoms with E-state index in [0.717, 1.165) is 11.8 Å². The molecule has 0 aliphatic carbocycles. The number of benzene rings is 3. The number of anilines is 2. The maximum Gasteiger partial charge on any atom is 0.230 e. The number of carbonyl (C=O) groups is 2. The van der Waals surface area contributed by atoms with Crippen LogP contribution in [0.15, 0.2) is 66.7 Å². The van der Waals surface area contributed by atoms with Crippen molar-refractivity contribution in [2.24, 2.45) is 5.92 Å². The average Bonchev–Trinajstić information content (AvgIpc) is 2.81. The van der Waals surface area contributed by atoms with Gasteiger partial charge in [0, 0.05) is 47.1 Å². The highest BCUT2D eigenvalue weighted by atomic mass is 35.5. The van der Waals surface area contributed by atoms with Crippen molar-refractivity contribution in [1.29, 1.82) is 0 Å². The molecule has 0 unspecified atom stereocenters. The minimum atomic E-state index is -3.55. The van der Waals surface area contributed by atoms with E-state index in [1.165, 1.54) is 17.0 Å². The fourth-order valence-corrected chi connectivity index (χ4v) is 5.17. The van der Waals surface area contributed by atoms with Crippen LogP contribution in [0.25, 0.3) is 11.1 Å². The molecule has 1 N–H and O–H groups in total. The molecule has 1 aliphatic rings. The Labute approximate surface area is 215 Å². The summed E-state index contributed by atoms with van der Waals surface area (Å²) >= 11 is 5.90. The van der Waals surface area contributed by atoms with E-state index in [4.69, 9.17) is 11.6 Å². The van der Waals surface area contributed by atoms with Gasteiger partial charge in [-0.15, -0.1) is 0 Å². The number of hydrogen-bond donors (Lipinski definition) is 1. The number of carbonyl (C=O) groups excluding carboxylic acids is 2. The van der Waals surface area contributed by atoms with Crippen LogP contribution < -0.4 is 9.62 Å². The van der Waals surface area contributed by atoms with Crippen LogP contribution in [0.5, 0.6) is 0 Å². The topological polar surface area (TPSA) is 83.6 Å². The van der Waals surface area contributed by atoms with E-state index in [0.29, 0.717) is 35.7 Å². The number of sulfonamides is 1. The van der Waals surface area contributed by atoms with Crippen LogP contribution in [0, 0.1) is 11.7 Å². The molecule has 6 nitrogen and oxygen atoms in total. The molecule has 3 aromatic rings. The lowest BCUT2D eigenvalue weighted by atomic mass is 9.90. The van der Waals surface area contributed by atoms with Crippen LogP contribution in [-0.4, -0.2) is 32.9 Å². The third-order valence-corrected chi connectivity index (χ3v) is 6.96. The van der Waals surface area contributed by atoms with Gasteiger partial charge in [-0.25, -0.2) is 12.8 Å². The predicted molar refractivity (Wildman–Crippen MR) is 140 cm³/mol. The Kier molecular flexibility index (Phi) is 7.76. The molecular weight excluding hydrogens is 503 g/mol. The summed E-state index contributed by atoms with van der Waals surface area (Å²) in [5.41, 5.74) is 2.12. The highest BCUT2D eigenvalue weighted by Crippen LogP contribution is 2.34. The number of rotatable bonds is 8. The van der Waals surface area contributed by atoms with Gasteiger partial charge in [-0.2, -0.15) is 0 Å². The fraction of sp³-hybridized carbons (Fsp3) is 0.259. The van der Waals surface area contributed by atoms with E-state index >= 15 is 4.39 Å². The average molecular weight is 529 g/mol. The number of hydrogen-bond acceptors (Lipinski definition) is 4. The minimum Gasteiger partial charge on any atom is -0.312 e. The van der Waals surface area contributed by atoms with Crippen LogP contribution in [0.4, 0.5) is 15.8 Å². The van der Waals surface area contributed by atoms with Gasteiger partial charge in [-0.3, -0.25) is 14.3 Å². The molecule has 4 rings (SSSR count). The molecule has 0 saturated carbocycles. The first-order chi connectivity index (χ1) is 17.1. The predicted octanol–water partition coefficient (Wildman–Crippen LogP) is 5.46. The second-order valence-electron chi connectivity index (χ2n) is 8.96. The second kappa shape index (κ2) is 10.8. The lowest BCUT2D eigenvalue weighted by Gasteiger charge is -2.32. The Bertz CT molecular complexity index is 1390. The van der Waals surface area contributed by atoms with Crippen molar-refractivity contribution in [3.63, 3.8) is 0 Å². The number of para-hydroxylation sites is 1. The minimum absolute atomic E-state index is 0.0333. The van der Waals surface area contributed by atoms with Gasteiger partial charge < -0.3 is 4.90 Å². The van der Waals surface area contributed by atoms with Gasteiger partial charge in [0.1, 0.15) is 11.6 Å². The van der Waals surface area contributed by atoms with E-state index in [-0.39, 0.29) is 35.8 Å². The summed E-state index contributed by atoms with van der Waals surface area (Å²) in [5, 5.41) is 0.595. The van der Waals surface area contributed by atoms with Gasteiger partial charge >= 0.3 is 0 Å². The molecule has 36 heavy (non-hydrogen) atoms. The first kappa shape index (κ1) is 25.9. The van der Waals surface area contributed by atoms with Crippen molar-refractivity contribution in [3.8, 4) is 11.1 Å². The molecule has 188 valence electrons. The summed E-state index contributed by atoms with van der Waals surface area (Å²) in [4.78, 5) is 27.3. The summed E-state index contributed by atoms with van der Waals surface area (Å²) in [6, 6.07) is 18.0. The highest BCUT2D eigenvalue weighted by molar-refractivity contribution is 7.92. The molecule has 1 atom stereocenters. The van der Waals surface area contributed by atoms with E-state index in [9.17, 15) is 18.0 Å². The molecule has 0 radical (unpaired) electrons. The zero-order chi connectivity index (χ0) is 25.9. The first-order valence-corrected chi connectivity index (χ1v) is 13.8. The first-order valence-electron chi connectivity index (χ1n) is 11.5. The SMILES string of the molecule is CS(=O)(=O)Nc1ccccc1-c1ccc(N2CCC[C@@H](CC(=O)Cc3ccc(Cl)cc3)C2=O)cc1F. The lowest BCUT2D eigenvalue weighted by Crippen LogP contribution is -2.42. The maximum atomic E-state index is 15.2. The van der Waals surface area contributed by atoms with Crippen LogP contribution in [0.2, 0.25) is 5.02 Å². The highest BCUT2D eigenvalue weighted by Gasteiger charge is 2.31. The van der Waals surface area contributed by atoms with Gasteiger partial charge in [0.2, 0.25) is 15.9 Å². The number of amides is 1. The van der Waals surface area contributed by atoms with Crippen molar-refractivity contribution in [1.82, 2.24) is 0 Å². The maximum absolute atomic E-state index is 15.2. The van der Waals surface area contributed by atoms with E-state index < -0.39 is 21.8 Å². The standard InChI is InChI=1S/C27H26ClFN2O4S/c1-36(34,35)30-26-7-3-2-6-24(26)23-13-12-21(17-25(23)29)31-14-4-5-19(27(31)33)16-22(32)15-18-8-10-20(28)11-9-18/h2-3,6-13,17,19,30H,4-5,14-16H2,1H3/t19-/m0/s1. The summed E-state index contributed by atoms with van der Waals surface area (Å²) in [5.74, 6) is -1.27. The second-order valence-corrected chi connectivity index (χ2v) is 11.1. The van der Waals surface area contributed by atoms with Crippen LogP contribution in [0.1, 0.15) is 24.8 Å². The number of Topliss-reactive ketones (excluding diaryl/α,β-unsaturated/α-hetero) is 1. The van der Waals surface area contributed by atoms with Crippen molar-refractivity contribution in [2.45, 2.75) is 25.7 Å². The van der Waals surface area contributed by atoms with E-state index in [2.05, 4.69) is 4.72 Å². The molecule has 1 heterocycles. The molecule has 1 aliphatic heterocycles. The Hall–Kier alpha value is -3.23. The summed E-state index contributed by atoms with van der Waals surface area (Å²) in [6.07, 6.45) is 2.69. The molecule has 9 heteroatoms. The zero-order valence-electron chi connectivity index (χ0n) is 19.7. The third kappa shape index (κ3) is 6.30. The zero-order valence-corrected chi connectivity index (χ0v) is 21.3. The fourth-order valence-electron chi connectivity index (χ4n) is 4.47. The quantitative estimate of drug-likeness (QED) is 0.420. The Morgan fingerprint density at radius 2 is 1.81 bits per heavy atom. The molecule has 1 fully saturated rings. The van der Waals surface area contributed by atoms with Crippen molar-refractivity contribution >= 4 is 44.7 Å². The molecule has 0 bridgehead atoms. The van der Waals surface area contributed by atoms with Crippen molar-refractivity contribution < 1.29 is 22.4 Å². The lowest BCUT2D eigenvalue weighted by molar-refractivity contribution is -0.128. The number of nitrogens with one attached hydrogen (secondary N) is 1.